The van der Waals surface area contributed by atoms with E-state index in [4.69, 9.17) is 0 Å². The zero-order valence-electron chi connectivity index (χ0n) is 14.6. The van der Waals surface area contributed by atoms with Gasteiger partial charge in [0.2, 0.25) is 5.95 Å². The van der Waals surface area contributed by atoms with Crippen LogP contribution in [0.5, 0.6) is 0 Å². The lowest BCUT2D eigenvalue weighted by atomic mass is 10.0. The van der Waals surface area contributed by atoms with E-state index >= 15 is 0 Å². The smallest absolute Gasteiger partial charge is 0.255 e. The Bertz CT molecular complexity index is 911. The quantitative estimate of drug-likeness (QED) is 0.740. The third-order valence-electron chi connectivity index (χ3n) is 4.61. The van der Waals surface area contributed by atoms with Crippen molar-refractivity contribution in [2.45, 2.75) is 18.9 Å². The highest BCUT2D eigenvalue weighted by Gasteiger charge is 2.25. The number of benzene rings is 1. The summed E-state index contributed by atoms with van der Waals surface area (Å²) in [4.78, 5) is 23.4. The van der Waals surface area contributed by atoms with Crippen molar-refractivity contribution in [3.8, 4) is 11.3 Å². The van der Waals surface area contributed by atoms with Crippen molar-refractivity contribution >= 4 is 11.9 Å². The van der Waals surface area contributed by atoms with Crippen molar-refractivity contribution < 1.29 is 9.18 Å². The standard InChI is InChI=1S/C19H19FN6O/c20-14-6-4-13(5-7-14)17-16(11-23-25-17)18(27)24-15-3-1-10-26(12-15)19-21-8-2-9-22-19/h2,4-9,11,15H,1,3,10,12H2,(H,23,25)(H,24,27). The number of amides is 1. The van der Waals surface area contributed by atoms with Crippen LogP contribution in [0.1, 0.15) is 23.2 Å². The van der Waals surface area contributed by atoms with Crippen LogP contribution in [0.25, 0.3) is 11.3 Å². The molecule has 1 unspecified atom stereocenters. The highest BCUT2D eigenvalue weighted by Crippen LogP contribution is 2.22. The van der Waals surface area contributed by atoms with Crippen LogP contribution >= 0.6 is 0 Å². The maximum Gasteiger partial charge on any atom is 0.255 e. The van der Waals surface area contributed by atoms with Crippen LogP contribution in [-0.4, -0.2) is 45.2 Å². The van der Waals surface area contributed by atoms with Crippen LogP contribution in [-0.2, 0) is 0 Å². The second kappa shape index (κ2) is 7.53. The molecule has 0 aliphatic carbocycles. The third kappa shape index (κ3) is 3.79. The molecule has 1 amide bonds. The molecule has 1 aromatic carbocycles. The molecule has 1 saturated heterocycles. The summed E-state index contributed by atoms with van der Waals surface area (Å²) in [6.45, 7) is 1.52. The molecule has 27 heavy (non-hydrogen) atoms. The Kier molecular flexibility index (Phi) is 4.78. The summed E-state index contributed by atoms with van der Waals surface area (Å²) in [5, 5.41) is 9.89. The minimum absolute atomic E-state index is 0.00831. The number of anilines is 1. The molecule has 3 aromatic rings. The first-order valence-electron chi connectivity index (χ1n) is 8.83. The fourth-order valence-electron chi connectivity index (χ4n) is 3.29. The van der Waals surface area contributed by atoms with Gasteiger partial charge in [-0.25, -0.2) is 14.4 Å². The number of nitrogens with zero attached hydrogens (tertiary/aromatic N) is 4. The summed E-state index contributed by atoms with van der Waals surface area (Å²) in [6.07, 6.45) is 6.75. The first-order chi connectivity index (χ1) is 13.2. The first-order valence-corrected chi connectivity index (χ1v) is 8.83. The van der Waals surface area contributed by atoms with Gasteiger partial charge in [-0.15, -0.1) is 0 Å². The maximum atomic E-state index is 13.2. The van der Waals surface area contributed by atoms with Crippen LogP contribution < -0.4 is 10.2 Å². The molecule has 7 nitrogen and oxygen atoms in total. The number of hydrogen-bond donors (Lipinski definition) is 2. The van der Waals surface area contributed by atoms with E-state index < -0.39 is 0 Å². The highest BCUT2D eigenvalue weighted by atomic mass is 19.1. The van der Waals surface area contributed by atoms with Crippen molar-refractivity contribution in [2.24, 2.45) is 0 Å². The van der Waals surface area contributed by atoms with E-state index in [-0.39, 0.29) is 17.8 Å². The fraction of sp³-hybridized carbons (Fsp3) is 0.263. The van der Waals surface area contributed by atoms with E-state index in [1.807, 2.05) is 0 Å². The largest absolute Gasteiger partial charge is 0.347 e. The Morgan fingerprint density at radius 3 is 2.78 bits per heavy atom. The molecule has 2 N–H and O–H groups in total. The van der Waals surface area contributed by atoms with Gasteiger partial charge in [-0.2, -0.15) is 5.10 Å². The molecule has 1 fully saturated rings. The zero-order valence-corrected chi connectivity index (χ0v) is 14.6. The SMILES string of the molecule is O=C(NC1CCCN(c2ncccn2)C1)c1cn[nH]c1-c1ccc(F)cc1. The fourth-order valence-corrected chi connectivity index (χ4v) is 3.29. The van der Waals surface area contributed by atoms with Crippen LogP contribution in [0.3, 0.4) is 0 Å². The van der Waals surface area contributed by atoms with E-state index in [0.29, 0.717) is 29.3 Å². The van der Waals surface area contributed by atoms with Gasteiger partial charge in [-0.3, -0.25) is 9.89 Å². The van der Waals surface area contributed by atoms with Crippen molar-refractivity contribution in [1.82, 2.24) is 25.5 Å². The summed E-state index contributed by atoms with van der Waals surface area (Å²) in [6, 6.07) is 7.73. The Labute approximate surface area is 155 Å². The number of aromatic amines is 1. The Morgan fingerprint density at radius 1 is 1.22 bits per heavy atom. The molecule has 0 bridgehead atoms. The van der Waals surface area contributed by atoms with Gasteiger partial charge in [-0.05, 0) is 43.2 Å². The lowest BCUT2D eigenvalue weighted by Gasteiger charge is -2.33. The molecule has 1 aliphatic rings. The minimum atomic E-state index is -0.324. The summed E-state index contributed by atoms with van der Waals surface area (Å²) >= 11 is 0. The Morgan fingerprint density at radius 2 is 2.00 bits per heavy atom. The van der Waals surface area contributed by atoms with Crippen LogP contribution in [0.15, 0.2) is 48.9 Å². The molecule has 138 valence electrons. The molecule has 0 spiro atoms. The second-order valence-electron chi connectivity index (χ2n) is 6.47. The van der Waals surface area contributed by atoms with Crippen molar-refractivity contribution in [3.63, 3.8) is 0 Å². The van der Waals surface area contributed by atoms with E-state index in [1.165, 1.54) is 18.3 Å². The van der Waals surface area contributed by atoms with Crippen molar-refractivity contribution in [2.75, 3.05) is 18.0 Å². The molecular weight excluding hydrogens is 347 g/mol. The van der Waals surface area contributed by atoms with Gasteiger partial charge in [0.1, 0.15) is 5.82 Å². The monoisotopic (exact) mass is 366 g/mol. The molecule has 4 rings (SSSR count). The van der Waals surface area contributed by atoms with Gasteiger partial charge in [0.25, 0.3) is 5.91 Å². The van der Waals surface area contributed by atoms with E-state index in [2.05, 4.69) is 30.4 Å². The number of carbonyl (C=O) groups excluding carboxylic acids is 1. The Balaban J connectivity index is 1.47. The van der Waals surface area contributed by atoms with Gasteiger partial charge in [-0.1, -0.05) is 0 Å². The van der Waals surface area contributed by atoms with E-state index in [9.17, 15) is 9.18 Å². The zero-order chi connectivity index (χ0) is 18.6. The second-order valence-corrected chi connectivity index (χ2v) is 6.47. The topological polar surface area (TPSA) is 86.8 Å². The minimum Gasteiger partial charge on any atom is -0.347 e. The van der Waals surface area contributed by atoms with Crippen LogP contribution in [0.4, 0.5) is 10.3 Å². The van der Waals surface area contributed by atoms with E-state index in [0.717, 1.165) is 19.4 Å². The Hall–Kier alpha value is -3.29. The molecule has 8 heteroatoms. The summed E-state index contributed by atoms with van der Waals surface area (Å²) in [5.74, 6) is 0.144. The molecule has 2 aromatic heterocycles. The summed E-state index contributed by atoms with van der Waals surface area (Å²) < 4.78 is 13.2. The third-order valence-corrected chi connectivity index (χ3v) is 4.61. The van der Waals surface area contributed by atoms with Crippen molar-refractivity contribution in [3.05, 3.63) is 60.3 Å². The highest BCUT2D eigenvalue weighted by molar-refractivity contribution is 5.99. The number of H-pyrrole nitrogens is 1. The average molecular weight is 366 g/mol. The number of halogens is 1. The van der Waals surface area contributed by atoms with Crippen LogP contribution in [0, 0.1) is 5.82 Å². The predicted octanol–water partition coefficient (Wildman–Crippen LogP) is 2.40. The average Bonchev–Trinajstić information content (AvgIpc) is 3.19. The number of nitrogens with one attached hydrogen (secondary N) is 2. The van der Waals surface area contributed by atoms with E-state index in [1.54, 1.807) is 30.6 Å². The maximum absolute atomic E-state index is 13.2. The van der Waals surface area contributed by atoms with Gasteiger partial charge in [0.05, 0.1) is 17.5 Å². The molecule has 0 radical (unpaired) electrons. The van der Waals surface area contributed by atoms with Gasteiger partial charge in [0, 0.05) is 37.1 Å². The molecule has 3 heterocycles. The first kappa shape index (κ1) is 17.1. The van der Waals surface area contributed by atoms with Gasteiger partial charge >= 0.3 is 0 Å². The number of piperidine rings is 1. The normalized spacial score (nSPS) is 16.9. The van der Waals surface area contributed by atoms with Crippen molar-refractivity contribution in [1.29, 1.82) is 0 Å². The number of carbonyl (C=O) groups is 1. The number of rotatable bonds is 4. The lowest BCUT2D eigenvalue weighted by molar-refractivity contribution is 0.0933. The number of aromatic nitrogens is 4. The predicted molar refractivity (Wildman–Crippen MR) is 98.7 cm³/mol. The molecular formula is C19H19FN6O. The molecule has 1 atom stereocenters. The van der Waals surface area contributed by atoms with Gasteiger partial charge in [0.15, 0.2) is 0 Å². The van der Waals surface area contributed by atoms with Crippen LogP contribution in [0.2, 0.25) is 0 Å². The molecule has 0 saturated carbocycles. The molecule has 1 aliphatic heterocycles. The lowest BCUT2D eigenvalue weighted by Crippen LogP contribution is -2.48. The number of hydrogen-bond acceptors (Lipinski definition) is 5. The van der Waals surface area contributed by atoms with Gasteiger partial charge < -0.3 is 10.2 Å². The summed E-state index contributed by atoms with van der Waals surface area (Å²) in [5.41, 5.74) is 1.73. The summed E-state index contributed by atoms with van der Waals surface area (Å²) in [7, 11) is 0.